The van der Waals surface area contributed by atoms with E-state index in [0.717, 1.165) is 42.3 Å². The van der Waals surface area contributed by atoms with Crippen LogP contribution in [0.15, 0.2) is 6.20 Å². The monoisotopic (exact) mass is 269 g/mol. The van der Waals surface area contributed by atoms with Gasteiger partial charge in [0.15, 0.2) is 0 Å². The summed E-state index contributed by atoms with van der Waals surface area (Å²) in [5, 5.41) is 0. The van der Waals surface area contributed by atoms with E-state index in [2.05, 4.69) is 0 Å². The van der Waals surface area contributed by atoms with Crippen molar-refractivity contribution in [1.29, 1.82) is 0 Å². The fourth-order valence-electron chi connectivity index (χ4n) is 5.91. The van der Waals surface area contributed by atoms with E-state index in [1.165, 1.54) is 43.4 Å². The summed E-state index contributed by atoms with van der Waals surface area (Å²) in [5.41, 5.74) is 8.56. The molecule has 5 aliphatic carbocycles. The van der Waals surface area contributed by atoms with Gasteiger partial charge < -0.3 is 5.73 Å². The van der Waals surface area contributed by atoms with E-state index in [9.17, 15) is 0 Å². The molecule has 1 aromatic rings. The highest BCUT2D eigenvalue weighted by Gasteiger charge is 2.49. The van der Waals surface area contributed by atoms with Crippen molar-refractivity contribution in [3.05, 3.63) is 23.3 Å². The van der Waals surface area contributed by atoms with Crippen molar-refractivity contribution in [2.75, 3.05) is 0 Å². The predicted molar refractivity (Wildman–Crippen MR) is 77.1 cm³/mol. The molecule has 0 aliphatic heterocycles. The van der Waals surface area contributed by atoms with Gasteiger partial charge in [-0.1, -0.05) is 0 Å². The van der Waals surface area contributed by atoms with Gasteiger partial charge in [0.05, 0.1) is 0 Å². The molecule has 0 aromatic carbocycles. The second-order valence-corrected chi connectivity index (χ2v) is 7.73. The number of rotatable bonds is 1. The van der Waals surface area contributed by atoms with Gasteiger partial charge in [-0.3, -0.25) is 0 Å². The zero-order valence-electron chi connectivity index (χ0n) is 12.0. The largest absolute Gasteiger partial charge is 0.324 e. The molecule has 1 atom stereocenters. The Morgan fingerprint density at radius 3 is 2.40 bits per heavy atom. The summed E-state index contributed by atoms with van der Waals surface area (Å²) < 4.78 is 0. The van der Waals surface area contributed by atoms with Crippen molar-refractivity contribution in [2.45, 2.75) is 56.9 Å². The van der Waals surface area contributed by atoms with Gasteiger partial charge in [0.1, 0.15) is 5.82 Å². The molecule has 106 valence electrons. The lowest BCUT2D eigenvalue weighted by molar-refractivity contribution is -0.00572. The molecule has 1 unspecified atom stereocenters. The van der Waals surface area contributed by atoms with Crippen molar-refractivity contribution in [2.24, 2.45) is 29.4 Å². The van der Waals surface area contributed by atoms with E-state index in [-0.39, 0.29) is 6.04 Å². The van der Waals surface area contributed by atoms with E-state index in [1.54, 1.807) is 0 Å². The van der Waals surface area contributed by atoms with Crippen LogP contribution in [0, 0.1) is 23.7 Å². The minimum atomic E-state index is 0.178. The summed E-state index contributed by atoms with van der Waals surface area (Å²) in [5.74, 6) is 5.61. The zero-order valence-corrected chi connectivity index (χ0v) is 12.0. The first-order valence-electron chi connectivity index (χ1n) is 8.39. The van der Waals surface area contributed by atoms with Crippen LogP contribution in [0.3, 0.4) is 0 Å². The normalized spacial score (nSPS) is 44.9. The highest BCUT2D eigenvalue weighted by Crippen LogP contribution is 2.59. The maximum Gasteiger partial charge on any atom is 0.132 e. The van der Waals surface area contributed by atoms with E-state index < -0.39 is 0 Å². The average molecular weight is 269 g/mol. The van der Waals surface area contributed by atoms with Gasteiger partial charge >= 0.3 is 0 Å². The summed E-state index contributed by atoms with van der Waals surface area (Å²) in [6.45, 7) is 0. The summed E-state index contributed by atoms with van der Waals surface area (Å²) in [6.07, 6.45) is 11.4. The number of aromatic nitrogens is 2. The van der Waals surface area contributed by atoms with Crippen LogP contribution in [0.2, 0.25) is 0 Å². The van der Waals surface area contributed by atoms with Crippen molar-refractivity contribution in [1.82, 2.24) is 9.97 Å². The first-order valence-corrected chi connectivity index (χ1v) is 8.39. The van der Waals surface area contributed by atoms with Crippen LogP contribution in [0.1, 0.15) is 67.6 Å². The highest BCUT2D eigenvalue weighted by molar-refractivity contribution is 5.28. The van der Waals surface area contributed by atoms with E-state index >= 15 is 0 Å². The van der Waals surface area contributed by atoms with Crippen LogP contribution in [-0.4, -0.2) is 9.97 Å². The van der Waals surface area contributed by atoms with Crippen molar-refractivity contribution in [3.8, 4) is 0 Å². The quantitative estimate of drug-likeness (QED) is 0.852. The molecule has 0 radical (unpaired) electrons. The lowest BCUT2D eigenvalue weighted by atomic mass is 9.51. The SMILES string of the molecule is NC1CCc2nc(C3C4CC5CC(C4)CC3C5)ncc21. The van der Waals surface area contributed by atoms with Gasteiger partial charge in [0.2, 0.25) is 0 Å². The third-order valence-corrected chi connectivity index (χ3v) is 6.54. The molecule has 0 amide bonds. The molecule has 4 fully saturated rings. The second kappa shape index (κ2) is 4.03. The standard InChI is InChI=1S/C17H23N3/c18-14-1-2-15-13(14)8-19-17(20-15)16-11-4-9-3-10(6-11)7-12(16)5-9/h8-12,14,16H,1-7,18H2. The highest BCUT2D eigenvalue weighted by atomic mass is 14.9. The molecule has 6 rings (SSSR count). The summed E-state index contributed by atoms with van der Waals surface area (Å²) in [4.78, 5) is 9.71. The number of nitrogens with zero attached hydrogens (tertiary/aromatic N) is 2. The Morgan fingerprint density at radius 1 is 1.00 bits per heavy atom. The molecule has 0 saturated heterocycles. The van der Waals surface area contributed by atoms with Crippen LogP contribution in [-0.2, 0) is 6.42 Å². The Morgan fingerprint density at radius 2 is 1.70 bits per heavy atom. The smallest absolute Gasteiger partial charge is 0.132 e. The first kappa shape index (κ1) is 11.7. The second-order valence-electron chi connectivity index (χ2n) is 7.73. The topological polar surface area (TPSA) is 51.8 Å². The molecule has 4 bridgehead atoms. The number of aryl methyl sites for hydroxylation is 1. The van der Waals surface area contributed by atoms with Gasteiger partial charge in [-0.15, -0.1) is 0 Å². The van der Waals surface area contributed by atoms with E-state index in [0.29, 0.717) is 5.92 Å². The Bertz CT molecular complexity index is 525. The van der Waals surface area contributed by atoms with Crippen LogP contribution in [0.5, 0.6) is 0 Å². The van der Waals surface area contributed by atoms with Gasteiger partial charge in [0, 0.05) is 29.4 Å². The Kier molecular flexibility index (Phi) is 2.35. The maximum atomic E-state index is 6.11. The molecule has 3 nitrogen and oxygen atoms in total. The van der Waals surface area contributed by atoms with Gasteiger partial charge in [-0.05, 0) is 68.6 Å². The molecule has 2 N–H and O–H groups in total. The Balaban J connectivity index is 1.51. The maximum absolute atomic E-state index is 6.11. The third kappa shape index (κ3) is 1.56. The van der Waals surface area contributed by atoms with Crippen molar-refractivity contribution >= 4 is 0 Å². The number of fused-ring (bicyclic) bond motifs is 1. The van der Waals surface area contributed by atoms with Crippen LogP contribution >= 0.6 is 0 Å². The minimum absolute atomic E-state index is 0.178. The molecule has 20 heavy (non-hydrogen) atoms. The first-order chi connectivity index (χ1) is 9.78. The van der Waals surface area contributed by atoms with Gasteiger partial charge in [-0.2, -0.15) is 0 Å². The number of hydrogen-bond acceptors (Lipinski definition) is 3. The lowest BCUT2D eigenvalue weighted by Crippen LogP contribution is -2.44. The Labute approximate surface area is 120 Å². The van der Waals surface area contributed by atoms with E-state index in [1.807, 2.05) is 6.20 Å². The third-order valence-electron chi connectivity index (χ3n) is 6.54. The predicted octanol–water partition coefficient (Wildman–Crippen LogP) is 2.96. The van der Waals surface area contributed by atoms with E-state index in [4.69, 9.17) is 15.7 Å². The molecule has 5 aliphatic rings. The minimum Gasteiger partial charge on any atom is -0.324 e. The molecular formula is C17H23N3. The fraction of sp³-hybridized carbons (Fsp3) is 0.765. The molecule has 1 heterocycles. The number of nitrogens with two attached hydrogens (primary N) is 1. The molecule has 0 spiro atoms. The number of hydrogen-bond donors (Lipinski definition) is 1. The van der Waals surface area contributed by atoms with Crippen molar-refractivity contribution < 1.29 is 0 Å². The lowest BCUT2D eigenvalue weighted by Gasteiger charge is -2.53. The van der Waals surface area contributed by atoms with Gasteiger partial charge in [-0.25, -0.2) is 9.97 Å². The summed E-state index contributed by atoms with van der Waals surface area (Å²) in [6, 6.07) is 0.178. The summed E-state index contributed by atoms with van der Waals surface area (Å²) in [7, 11) is 0. The average Bonchev–Trinajstić information content (AvgIpc) is 2.79. The van der Waals surface area contributed by atoms with Crippen LogP contribution in [0.4, 0.5) is 0 Å². The Hall–Kier alpha value is -0.960. The fourth-order valence-corrected chi connectivity index (χ4v) is 5.91. The zero-order chi connectivity index (χ0) is 13.3. The van der Waals surface area contributed by atoms with Gasteiger partial charge in [0.25, 0.3) is 0 Å². The van der Waals surface area contributed by atoms with Crippen molar-refractivity contribution in [3.63, 3.8) is 0 Å². The molecule has 4 saturated carbocycles. The molecule has 1 aromatic heterocycles. The summed E-state index contributed by atoms with van der Waals surface area (Å²) >= 11 is 0. The van der Waals surface area contributed by atoms with Crippen LogP contribution in [0.25, 0.3) is 0 Å². The molecule has 3 heteroatoms. The van der Waals surface area contributed by atoms with Crippen LogP contribution < -0.4 is 5.73 Å². The molecular weight excluding hydrogens is 246 g/mol.